The highest BCUT2D eigenvalue weighted by Gasteiger charge is 2.29. The van der Waals surface area contributed by atoms with Crippen LogP contribution in [0.1, 0.15) is 78.4 Å². The lowest BCUT2D eigenvalue weighted by Gasteiger charge is -2.34. The number of amides is 2. The van der Waals surface area contributed by atoms with Crippen LogP contribution in [-0.2, 0) is 32.2 Å². The monoisotopic (exact) mass is 582 g/mol. The van der Waals surface area contributed by atoms with E-state index in [4.69, 9.17) is 18.9 Å². The van der Waals surface area contributed by atoms with Crippen molar-refractivity contribution in [2.45, 2.75) is 104 Å². The van der Waals surface area contributed by atoms with Crippen LogP contribution in [0.3, 0.4) is 0 Å². The summed E-state index contributed by atoms with van der Waals surface area (Å²) in [5, 5.41) is 0. The summed E-state index contributed by atoms with van der Waals surface area (Å²) in [6.45, 7) is 15.2. The fourth-order valence-corrected chi connectivity index (χ4v) is 4.71. The van der Waals surface area contributed by atoms with E-state index in [0.717, 1.165) is 49.9 Å². The highest BCUT2D eigenvalue weighted by molar-refractivity contribution is 5.68. The molecule has 8 nitrogen and oxygen atoms in total. The Balaban J connectivity index is 0.000000230. The standard InChI is InChI=1S/2C17H25NO3/c2*1-17(2,3)21-16(19)18-11-7-10-15(12-18)20-13-14-8-5-4-6-9-14/h2*4-6,8-9,15H,7,10-13H2,1-3H3/t2*15-/m10/s1. The third-order valence-electron chi connectivity index (χ3n) is 6.72. The minimum absolute atomic E-state index is 0.0893. The second-order valence-electron chi connectivity index (χ2n) is 13.0. The van der Waals surface area contributed by atoms with Crippen LogP contribution in [-0.4, -0.2) is 71.6 Å². The van der Waals surface area contributed by atoms with Crippen LogP contribution in [0.2, 0.25) is 0 Å². The molecule has 0 N–H and O–H groups in total. The zero-order valence-corrected chi connectivity index (χ0v) is 26.3. The summed E-state index contributed by atoms with van der Waals surface area (Å²) >= 11 is 0. The van der Waals surface area contributed by atoms with E-state index in [1.165, 1.54) is 0 Å². The van der Waals surface area contributed by atoms with Gasteiger partial charge in [0, 0.05) is 13.1 Å². The number of hydrogen-bond acceptors (Lipinski definition) is 6. The van der Waals surface area contributed by atoms with Crippen LogP contribution in [0.5, 0.6) is 0 Å². The molecule has 2 aromatic rings. The molecule has 2 aliphatic rings. The smallest absolute Gasteiger partial charge is 0.410 e. The predicted molar refractivity (Wildman–Crippen MR) is 164 cm³/mol. The number of carbonyl (C=O) groups excluding carboxylic acids is 2. The number of rotatable bonds is 6. The second-order valence-corrected chi connectivity index (χ2v) is 13.0. The SMILES string of the molecule is CC(C)(C)OC(=O)N1CCC[C@@H](OCc2ccccc2)C1.CC(C)(C)OC(=O)N1CCC[C@H](OCc2ccccc2)C1. The molecule has 2 amide bonds. The molecule has 8 heteroatoms. The minimum atomic E-state index is -0.449. The van der Waals surface area contributed by atoms with Gasteiger partial charge in [0.2, 0.25) is 0 Å². The molecule has 2 heterocycles. The lowest BCUT2D eigenvalue weighted by molar-refractivity contribution is -0.0260. The maximum Gasteiger partial charge on any atom is 0.410 e. The Hall–Kier alpha value is -3.10. The third kappa shape index (κ3) is 12.8. The summed E-state index contributed by atoms with van der Waals surface area (Å²) in [5.74, 6) is 0. The fourth-order valence-electron chi connectivity index (χ4n) is 4.71. The quantitative estimate of drug-likeness (QED) is 0.358. The molecule has 232 valence electrons. The van der Waals surface area contributed by atoms with Gasteiger partial charge >= 0.3 is 12.2 Å². The summed E-state index contributed by atoms with van der Waals surface area (Å²) in [5.41, 5.74) is 1.42. The number of piperidine rings is 2. The van der Waals surface area contributed by atoms with E-state index in [1.54, 1.807) is 9.80 Å². The topological polar surface area (TPSA) is 77.5 Å². The molecule has 0 unspecified atom stereocenters. The number of ether oxygens (including phenoxy) is 4. The van der Waals surface area contributed by atoms with E-state index in [0.29, 0.717) is 26.3 Å². The third-order valence-corrected chi connectivity index (χ3v) is 6.72. The first-order valence-corrected chi connectivity index (χ1v) is 15.1. The summed E-state index contributed by atoms with van der Waals surface area (Å²) < 4.78 is 22.7. The van der Waals surface area contributed by atoms with Crippen LogP contribution >= 0.6 is 0 Å². The molecule has 0 aliphatic carbocycles. The van der Waals surface area contributed by atoms with Gasteiger partial charge in [-0.25, -0.2) is 9.59 Å². The Morgan fingerprint density at radius 2 is 1.00 bits per heavy atom. The van der Waals surface area contributed by atoms with Gasteiger partial charge in [0.25, 0.3) is 0 Å². The molecular weight excluding hydrogens is 532 g/mol. The van der Waals surface area contributed by atoms with E-state index in [-0.39, 0.29) is 24.4 Å². The van der Waals surface area contributed by atoms with E-state index in [1.807, 2.05) is 77.9 Å². The van der Waals surface area contributed by atoms with Crippen molar-refractivity contribution < 1.29 is 28.5 Å². The van der Waals surface area contributed by atoms with Crippen LogP contribution in [0.15, 0.2) is 60.7 Å². The lowest BCUT2D eigenvalue weighted by atomic mass is 10.1. The minimum Gasteiger partial charge on any atom is -0.444 e. The van der Waals surface area contributed by atoms with Crippen molar-refractivity contribution in [3.8, 4) is 0 Å². The predicted octanol–water partition coefficient (Wildman–Crippen LogP) is 7.21. The van der Waals surface area contributed by atoms with Crippen molar-refractivity contribution in [1.29, 1.82) is 0 Å². The molecule has 2 saturated heterocycles. The number of hydrogen-bond donors (Lipinski definition) is 0. The maximum atomic E-state index is 12.1. The second kappa shape index (κ2) is 15.9. The molecule has 0 radical (unpaired) electrons. The highest BCUT2D eigenvalue weighted by atomic mass is 16.6. The van der Waals surface area contributed by atoms with Gasteiger partial charge in [0.15, 0.2) is 0 Å². The Bertz CT molecular complexity index is 993. The zero-order valence-electron chi connectivity index (χ0n) is 26.3. The van der Waals surface area contributed by atoms with E-state index < -0.39 is 11.2 Å². The van der Waals surface area contributed by atoms with Gasteiger partial charge in [0.05, 0.1) is 38.5 Å². The average Bonchev–Trinajstić information content (AvgIpc) is 2.95. The lowest BCUT2D eigenvalue weighted by Crippen LogP contribution is -2.45. The van der Waals surface area contributed by atoms with Crippen molar-refractivity contribution in [2.24, 2.45) is 0 Å². The summed E-state index contributed by atoms with van der Waals surface area (Å²) in [4.78, 5) is 27.7. The summed E-state index contributed by atoms with van der Waals surface area (Å²) in [6, 6.07) is 20.2. The van der Waals surface area contributed by atoms with Crippen molar-refractivity contribution in [1.82, 2.24) is 9.80 Å². The molecule has 0 spiro atoms. The number of nitrogens with zero attached hydrogens (tertiary/aromatic N) is 2. The van der Waals surface area contributed by atoms with Crippen molar-refractivity contribution in [2.75, 3.05) is 26.2 Å². The van der Waals surface area contributed by atoms with Crippen molar-refractivity contribution in [3.05, 3.63) is 71.8 Å². The largest absolute Gasteiger partial charge is 0.444 e. The number of likely N-dealkylation sites (tertiary alicyclic amines) is 2. The average molecular weight is 583 g/mol. The van der Waals surface area contributed by atoms with Gasteiger partial charge in [-0.05, 0) is 78.4 Å². The number of carbonyl (C=O) groups is 2. The molecule has 2 fully saturated rings. The van der Waals surface area contributed by atoms with Crippen LogP contribution in [0.4, 0.5) is 9.59 Å². The fraction of sp³-hybridized carbons (Fsp3) is 0.588. The van der Waals surface area contributed by atoms with Crippen LogP contribution < -0.4 is 0 Å². The van der Waals surface area contributed by atoms with Crippen LogP contribution in [0, 0.1) is 0 Å². The molecule has 0 aromatic heterocycles. The molecule has 2 aliphatic heterocycles. The Morgan fingerprint density at radius 3 is 1.33 bits per heavy atom. The van der Waals surface area contributed by atoms with Gasteiger partial charge in [0.1, 0.15) is 11.2 Å². The van der Waals surface area contributed by atoms with Gasteiger partial charge < -0.3 is 28.7 Å². The van der Waals surface area contributed by atoms with E-state index >= 15 is 0 Å². The van der Waals surface area contributed by atoms with E-state index in [9.17, 15) is 9.59 Å². The molecule has 0 bridgehead atoms. The molecule has 2 aromatic carbocycles. The Labute approximate surface area is 252 Å². The normalized spacial score (nSPS) is 19.4. The molecule has 0 saturated carbocycles. The first kappa shape index (κ1) is 33.4. The zero-order chi connectivity index (χ0) is 30.6. The Kier molecular flexibility index (Phi) is 12.7. The highest BCUT2D eigenvalue weighted by Crippen LogP contribution is 2.20. The number of benzene rings is 2. The van der Waals surface area contributed by atoms with E-state index in [2.05, 4.69) is 24.3 Å². The van der Waals surface area contributed by atoms with Gasteiger partial charge in [-0.2, -0.15) is 0 Å². The van der Waals surface area contributed by atoms with Gasteiger partial charge in [-0.3, -0.25) is 0 Å². The first-order chi connectivity index (χ1) is 19.9. The van der Waals surface area contributed by atoms with Gasteiger partial charge in [-0.1, -0.05) is 60.7 Å². The Morgan fingerprint density at radius 1 is 0.643 bits per heavy atom. The van der Waals surface area contributed by atoms with Gasteiger partial charge in [-0.15, -0.1) is 0 Å². The van der Waals surface area contributed by atoms with Crippen molar-refractivity contribution >= 4 is 12.2 Å². The van der Waals surface area contributed by atoms with Crippen LogP contribution in [0.25, 0.3) is 0 Å². The van der Waals surface area contributed by atoms with Crippen molar-refractivity contribution in [3.63, 3.8) is 0 Å². The first-order valence-electron chi connectivity index (χ1n) is 15.1. The maximum absolute atomic E-state index is 12.1. The molecule has 4 rings (SSSR count). The molecule has 2 atom stereocenters. The molecular formula is C34H50N2O6. The summed E-state index contributed by atoms with van der Waals surface area (Å²) in [6.07, 6.45) is 3.60. The molecule has 42 heavy (non-hydrogen) atoms. The summed E-state index contributed by atoms with van der Waals surface area (Å²) in [7, 11) is 0.